The number of rotatable bonds is 7. The van der Waals surface area contributed by atoms with Crippen LogP contribution in [-0.4, -0.2) is 42.2 Å². The van der Waals surface area contributed by atoms with Gasteiger partial charge in [-0.2, -0.15) is 0 Å². The maximum absolute atomic E-state index is 12.0. The van der Waals surface area contributed by atoms with Gasteiger partial charge in [0.25, 0.3) is 5.91 Å². The highest BCUT2D eigenvalue weighted by molar-refractivity contribution is 5.77. The Morgan fingerprint density at radius 1 is 1.40 bits per heavy atom. The Labute approximate surface area is 121 Å². The quantitative estimate of drug-likeness (QED) is 0.833. The Kier molecular flexibility index (Phi) is 6.52. The van der Waals surface area contributed by atoms with Crippen molar-refractivity contribution in [2.45, 2.75) is 33.6 Å². The van der Waals surface area contributed by atoms with Crippen molar-refractivity contribution in [2.24, 2.45) is 0 Å². The second-order valence-electron chi connectivity index (χ2n) is 5.18. The summed E-state index contributed by atoms with van der Waals surface area (Å²) in [6.07, 6.45) is 0. The minimum atomic E-state index is -0.0993. The first-order chi connectivity index (χ1) is 9.49. The van der Waals surface area contributed by atoms with Gasteiger partial charge in [0.15, 0.2) is 6.61 Å². The summed E-state index contributed by atoms with van der Waals surface area (Å²) in [5.41, 5.74) is 2.22. The zero-order chi connectivity index (χ0) is 15.1. The molecule has 0 aromatic heterocycles. The molecule has 0 fully saturated rings. The summed E-state index contributed by atoms with van der Waals surface area (Å²) in [4.78, 5) is 13.6. The molecule has 1 rings (SSSR count). The minimum absolute atomic E-state index is 0.0109. The van der Waals surface area contributed by atoms with Gasteiger partial charge in [0.2, 0.25) is 0 Å². The Morgan fingerprint density at radius 3 is 2.65 bits per heavy atom. The molecule has 112 valence electrons. The number of likely N-dealkylation sites (N-methyl/N-ethyl adjacent to an activating group) is 1. The van der Waals surface area contributed by atoms with Crippen molar-refractivity contribution in [1.29, 1.82) is 0 Å². The lowest BCUT2D eigenvalue weighted by molar-refractivity contribution is -0.133. The molecule has 0 aliphatic heterocycles. The SMILES string of the molecule is CCN(CCO)C(=O)COc1cc(C)ccc1C(C)C. The Hall–Kier alpha value is -1.55. The number of hydrogen-bond donors (Lipinski definition) is 1. The molecule has 0 spiro atoms. The lowest BCUT2D eigenvalue weighted by Crippen LogP contribution is -2.36. The molecule has 0 radical (unpaired) electrons. The van der Waals surface area contributed by atoms with E-state index in [0.29, 0.717) is 19.0 Å². The van der Waals surface area contributed by atoms with Gasteiger partial charge < -0.3 is 14.7 Å². The zero-order valence-corrected chi connectivity index (χ0v) is 12.8. The van der Waals surface area contributed by atoms with Crippen LogP contribution >= 0.6 is 0 Å². The van der Waals surface area contributed by atoms with Crippen LogP contribution in [0.5, 0.6) is 5.75 Å². The van der Waals surface area contributed by atoms with Gasteiger partial charge in [-0.25, -0.2) is 0 Å². The zero-order valence-electron chi connectivity index (χ0n) is 12.8. The fourth-order valence-electron chi connectivity index (χ4n) is 2.05. The monoisotopic (exact) mass is 279 g/mol. The minimum Gasteiger partial charge on any atom is -0.483 e. The van der Waals surface area contributed by atoms with Crippen LogP contribution in [0.2, 0.25) is 0 Å². The molecule has 0 atom stereocenters. The standard InChI is InChI=1S/C16H25NO3/c1-5-17(8-9-18)16(19)11-20-15-10-13(4)6-7-14(15)12(2)3/h6-7,10,12,18H,5,8-9,11H2,1-4H3. The van der Waals surface area contributed by atoms with Crippen molar-refractivity contribution in [1.82, 2.24) is 4.90 Å². The third-order valence-corrected chi connectivity index (χ3v) is 3.25. The highest BCUT2D eigenvalue weighted by atomic mass is 16.5. The molecule has 20 heavy (non-hydrogen) atoms. The van der Waals surface area contributed by atoms with E-state index >= 15 is 0 Å². The molecule has 0 unspecified atom stereocenters. The summed E-state index contributed by atoms with van der Waals surface area (Å²) < 4.78 is 5.70. The summed E-state index contributed by atoms with van der Waals surface area (Å²) in [5, 5.41) is 8.92. The first-order valence-corrected chi connectivity index (χ1v) is 7.11. The van der Waals surface area contributed by atoms with Gasteiger partial charge in [-0.3, -0.25) is 4.79 Å². The number of hydrogen-bond acceptors (Lipinski definition) is 3. The third kappa shape index (κ3) is 4.53. The summed E-state index contributed by atoms with van der Waals surface area (Å²) in [5.74, 6) is 1.02. The van der Waals surface area contributed by atoms with Crippen molar-refractivity contribution in [3.05, 3.63) is 29.3 Å². The van der Waals surface area contributed by atoms with Gasteiger partial charge in [0.1, 0.15) is 5.75 Å². The highest BCUT2D eigenvalue weighted by Gasteiger charge is 2.14. The summed E-state index contributed by atoms with van der Waals surface area (Å²) in [6.45, 7) is 9.00. The lowest BCUT2D eigenvalue weighted by Gasteiger charge is -2.21. The van der Waals surface area contributed by atoms with E-state index in [4.69, 9.17) is 9.84 Å². The molecule has 0 bridgehead atoms. The van der Waals surface area contributed by atoms with E-state index < -0.39 is 0 Å². The van der Waals surface area contributed by atoms with E-state index in [1.165, 1.54) is 0 Å². The van der Waals surface area contributed by atoms with Crippen LogP contribution in [0.3, 0.4) is 0 Å². The van der Waals surface area contributed by atoms with Crippen molar-refractivity contribution >= 4 is 5.91 Å². The van der Waals surface area contributed by atoms with Gasteiger partial charge in [-0.15, -0.1) is 0 Å². The number of ether oxygens (including phenoxy) is 1. The Morgan fingerprint density at radius 2 is 2.10 bits per heavy atom. The molecule has 0 saturated heterocycles. The maximum Gasteiger partial charge on any atom is 0.260 e. The number of amides is 1. The topological polar surface area (TPSA) is 49.8 Å². The maximum atomic E-state index is 12.0. The molecule has 4 nitrogen and oxygen atoms in total. The largest absolute Gasteiger partial charge is 0.483 e. The number of benzene rings is 1. The van der Waals surface area contributed by atoms with Crippen LogP contribution in [-0.2, 0) is 4.79 Å². The van der Waals surface area contributed by atoms with Gasteiger partial charge >= 0.3 is 0 Å². The van der Waals surface area contributed by atoms with Gasteiger partial charge in [0, 0.05) is 13.1 Å². The van der Waals surface area contributed by atoms with E-state index in [9.17, 15) is 4.79 Å². The van der Waals surface area contributed by atoms with Crippen LogP contribution in [0.1, 0.15) is 37.8 Å². The average Bonchev–Trinajstić information content (AvgIpc) is 2.41. The first-order valence-electron chi connectivity index (χ1n) is 7.11. The molecule has 1 amide bonds. The second-order valence-corrected chi connectivity index (χ2v) is 5.18. The third-order valence-electron chi connectivity index (χ3n) is 3.25. The van der Waals surface area contributed by atoms with Crippen molar-refractivity contribution in [3.63, 3.8) is 0 Å². The lowest BCUT2D eigenvalue weighted by atomic mass is 10.0. The van der Waals surface area contributed by atoms with Crippen LogP contribution in [0, 0.1) is 6.92 Å². The predicted molar refractivity (Wildman–Crippen MR) is 80.1 cm³/mol. The Balaban J connectivity index is 2.74. The molecular formula is C16H25NO3. The van der Waals surface area contributed by atoms with Crippen LogP contribution in [0.4, 0.5) is 0 Å². The normalized spacial score (nSPS) is 10.7. The van der Waals surface area contributed by atoms with E-state index in [1.54, 1.807) is 4.90 Å². The van der Waals surface area contributed by atoms with Gasteiger partial charge in [-0.05, 0) is 37.0 Å². The number of carbonyl (C=O) groups excluding carboxylic acids is 1. The van der Waals surface area contributed by atoms with E-state index in [-0.39, 0.29) is 19.1 Å². The molecule has 0 saturated carbocycles. The fourth-order valence-corrected chi connectivity index (χ4v) is 2.05. The molecule has 1 aromatic carbocycles. The number of aryl methyl sites for hydroxylation is 1. The van der Waals surface area contributed by atoms with Crippen LogP contribution in [0.25, 0.3) is 0 Å². The summed E-state index contributed by atoms with van der Waals surface area (Å²) >= 11 is 0. The molecule has 0 aliphatic carbocycles. The predicted octanol–water partition coefficient (Wildman–Crippen LogP) is 2.34. The molecule has 1 aromatic rings. The number of aliphatic hydroxyl groups is 1. The molecule has 1 N–H and O–H groups in total. The van der Waals surface area contributed by atoms with E-state index in [0.717, 1.165) is 16.9 Å². The molecule has 4 heteroatoms. The van der Waals surface area contributed by atoms with Crippen LogP contribution < -0.4 is 4.74 Å². The summed E-state index contributed by atoms with van der Waals surface area (Å²) in [6, 6.07) is 6.06. The van der Waals surface area contributed by atoms with E-state index in [1.807, 2.05) is 32.0 Å². The average molecular weight is 279 g/mol. The van der Waals surface area contributed by atoms with Gasteiger partial charge in [-0.1, -0.05) is 26.0 Å². The number of aliphatic hydroxyl groups excluding tert-OH is 1. The number of carbonyl (C=O) groups is 1. The van der Waals surface area contributed by atoms with E-state index in [2.05, 4.69) is 13.8 Å². The van der Waals surface area contributed by atoms with Crippen molar-refractivity contribution in [2.75, 3.05) is 26.3 Å². The number of nitrogens with zero attached hydrogens (tertiary/aromatic N) is 1. The highest BCUT2D eigenvalue weighted by Crippen LogP contribution is 2.27. The van der Waals surface area contributed by atoms with Crippen LogP contribution in [0.15, 0.2) is 18.2 Å². The molecule has 0 heterocycles. The van der Waals surface area contributed by atoms with Crippen molar-refractivity contribution in [3.8, 4) is 5.75 Å². The van der Waals surface area contributed by atoms with Crippen molar-refractivity contribution < 1.29 is 14.6 Å². The summed E-state index contributed by atoms with van der Waals surface area (Å²) in [7, 11) is 0. The fraction of sp³-hybridized carbons (Fsp3) is 0.562. The van der Waals surface area contributed by atoms with Gasteiger partial charge in [0.05, 0.1) is 6.61 Å². The Bertz CT molecular complexity index is 443. The first kappa shape index (κ1) is 16.5. The smallest absolute Gasteiger partial charge is 0.260 e. The molecule has 0 aliphatic rings. The molecular weight excluding hydrogens is 254 g/mol. The second kappa shape index (κ2) is 7.90.